The lowest BCUT2D eigenvalue weighted by atomic mass is 10.0. The minimum atomic E-state index is 0.452. The molecular formula is C13H23N3S. The van der Waals surface area contributed by atoms with Crippen LogP contribution in [0.25, 0.3) is 0 Å². The monoisotopic (exact) mass is 253 g/mol. The number of hydrogen-bond acceptors (Lipinski definition) is 4. The van der Waals surface area contributed by atoms with Gasteiger partial charge in [-0.2, -0.15) is 0 Å². The molecular weight excluding hydrogens is 230 g/mol. The van der Waals surface area contributed by atoms with Gasteiger partial charge in [0.25, 0.3) is 0 Å². The summed E-state index contributed by atoms with van der Waals surface area (Å²) in [6.07, 6.45) is 5.58. The van der Waals surface area contributed by atoms with E-state index in [2.05, 4.69) is 34.4 Å². The number of thiazole rings is 1. The molecule has 1 N–H and O–H groups in total. The highest BCUT2D eigenvalue weighted by atomic mass is 32.1. The van der Waals surface area contributed by atoms with Crippen LogP contribution in [0.5, 0.6) is 0 Å². The van der Waals surface area contributed by atoms with Crippen LogP contribution in [0.4, 0.5) is 0 Å². The van der Waals surface area contributed by atoms with Crippen LogP contribution in [-0.4, -0.2) is 35.6 Å². The Morgan fingerprint density at radius 2 is 2.24 bits per heavy atom. The van der Waals surface area contributed by atoms with Gasteiger partial charge in [-0.05, 0) is 38.9 Å². The van der Waals surface area contributed by atoms with Crippen molar-refractivity contribution in [3.63, 3.8) is 0 Å². The summed E-state index contributed by atoms with van der Waals surface area (Å²) < 4.78 is 0. The van der Waals surface area contributed by atoms with E-state index >= 15 is 0 Å². The predicted octanol–water partition coefficient (Wildman–Crippen LogP) is 2.67. The average molecular weight is 253 g/mol. The molecule has 1 unspecified atom stereocenters. The third-order valence-electron chi connectivity index (χ3n) is 3.63. The second-order valence-electron chi connectivity index (χ2n) is 4.71. The van der Waals surface area contributed by atoms with Crippen molar-refractivity contribution in [3.8, 4) is 0 Å². The third kappa shape index (κ3) is 3.50. The van der Waals surface area contributed by atoms with Crippen LogP contribution in [0, 0.1) is 0 Å². The molecule has 1 saturated heterocycles. The molecule has 1 aliphatic rings. The van der Waals surface area contributed by atoms with Crippen LogP contribution < -0.4 is 5.32 Å². The Morgan fingerprint density at radius 3 is 2.76 bits per heavy atom. The Kier molecular flexibility index (Phi) is 4.95. The Balaban J connectivity index is 1.84. The number of hydrogen-bond donors (Lipinski definition) is 1. The van der Waals surface area contributed by atoms with Gasteiger partial charge in [-0.1, -0.05) is 13.8 Å². The summed E-state index contributed by atoms with van der Waals surface area (Å²) in [4.78, 5) is 6.96. The van der Waals surface area contributed by atoms with Crippen molar-refractivity contribution in [1.82, 2.24) is 15.2 Å². The van der Waals surface area contributed by atoms with E-state index in [1.165, 1.54) is 37.5 Å². The first kappa shape index (κ1) is 13.0. The summed E-state index contributed by atoms with van der Waals surface area (Å²) in [5.41, 5.74) is 0. The number of likely N-dealkylation sites (tertiary alicyclic amines) is 1. The number of aromatic nitrogens is 1. The molecule has 0 aromatic carbocycles. The molecule has 2 rings (SSSR count). The lowest BCUT2D eigenvalue weighted by Crippen LogP contribution is -2.43. The zero-order chi connectivity index (χ0) is 12.1. The smallest absolute Gasteiger partial charge is 0.109 e. The van der Waals surface area contributed by atoms with E-state index in [0.717, 1.165) is 6.42 Å². The maximum absolute atomic E-state index is 4.43. The van der Waals surface area contributed by atoms with Crippen molar-refractivity contribution in [2.75, 3.05) is 19.6 Å². The molecule has 2 heterocycles. The van der Waals surface area contributed by atoms with Crippen LogP contribution in [0.15, 0.2) is 11.6 Å². The van der Waals surface area contributed by atoms with Crippen LogP contribution in [0.3, 0.4) is 0 Å². The standard InChI is InChI=1S/C13H23N3S/c1-3-12(13-14-7-10-17-13)15-11-5-8-16(4-2)9-6-11/h7,10-12,15H,3-6,8-9H2,1-2H3. The average Bonchev–Trinajstić information content (AvgIpc) is 2.90. The second-order valence-corrected chi connectivity index (χ2v) is 5.63. The van der Waals surface area contributed by atoms with Crippen molar-refractivity contribution in [3.05, 3.63) is 16.6 Å². The first-order valence-electron chi connectivity index (χ1n) is 6.71. The number of piperidine rings is 1. The van der Waals surface area contributed by atoms with Crippen LogP contribution in [-0.2, 0) is 0 Å². The highest BCUT2D eigenvalue weighted by Gasteiger charge is 2.21. The van der Waals surface area contributed by atoms with Crippen molar-refractivity contribution in [2.45, 2.75) is 45.2 Å². The highest BCUT2D eigenvalue weighted by molar-refractivity contribution is 7.09. The molecule has 0 bridgehead atoms. The van der Waals surface area contributed by atoms with E-state index in [-0.39, 0.29) is 0 Å². The normalized spacial score (nSPS) is 20.6. The Morgan fingerprint density at radius 1 is 1.47 bits per heavy atom. The molecule has 0 aliphatic carbocycles. The quantitative estimate of drug-likeness (QED) is 0.874. The summed E-state index contributed by atoms with van der Waals surface area (Å²) in [5, 5.41) is 7.08. The number of rotatable bonds is 5. The van der Waals surface area contributed by atoms with Gasteiger partial charge in [-0.3, -0.25) is 0 Å². The van der Waals surface area contributed by atoms with E-state index in [4.69, 9.17) is 0 Å². The number of nitrogens with one attached hydrogen (secondary N) is 1. The van der Waals surface area contributed by atoms with Gasteiger partial charge in [0.15, 0.2) is 0 Å². The molecule has 4 heteroatoms. The zero-order valence-electron chi connectivity index (χ0n) is 10.9. The molecule has 0 saturated carbocycles. The fourth-order valence-corrected chi connectivity index (χ4v) is 3.25. The SMILES string of the molecule is CCC(NC1CCN(CC)CC1)c1nccs1. The van der Waals surface area contributed by atoms with Gasteiger partial charge in [0.2, 0.25) is 0 Å². The minimum Gasteiger partial charge on any atom is -0.305 e. The molecule has 1 aliphatic heterocycles. The van der Waals surface area contributed by atoms with E-state index in [1.54, 1.807) is 11.3 Å². The van der Waals surface area contributed by atoms with E-state index in [9.17, 15) is 0 Å². The fraction of sp³-hybridized carbons (Fsp3) is 0.769. The maximum Gasteiger partial charge on any atom is 0.109 e. The molecule has 17 heavy (non-hydrogen) atoms. The maximum atomic E-state index is 4.43. The Bertz CT molecular complexity index is 304. The van der Waals surface area contributed by atoms with Gasteiger partial charge in [0, 0.05) is 17.6 Å². The first-order valence-corrected chi connectivity index (χ1v) is 7.59. The fourth-order valence-electron chi connectivity index (χ4n) is 2.47. The summed E-state index contributed by atoms with van der Waals surface area (Å²) in [6, 6.07) is 1.12. The molecule has 0 spiro atoms. The minimum absolute atomic E-state index is 0.452. The lowest BCUT2D eigenvalue weighted by molar-refractivity contribution is 0.198. The highest BCUT2D eigenvalue weighted by Crippen LogP contribution is 2.21. The molecule has 1 aromatic rings. The van der Waals surface area contributed by atoms with Crippen molar-refractivity contribution < 1.29 is 0 Å². The van der Waals surface area contributed by atoms with Gasteiger partial charge >= 0.3 is 0 Å². The van der Waals surface area contributed by atoms with Crippen LogP contribution >= 0.6 is 11.3 Å². The molecule has 0 radical (unpaired) electrons. The lowest BCUT2D eigenvalue weighted by Gasteiger charge is -2.33. The Labute approximate surface area is 108 Å². The first-order chi connectivity index (χ1) is 8.33. The van der Waals surface area contributed by atoms with Crippen molar-refractivity contribution >= 4 is 11.3 Å². The largest absolute Gasteiger partial charge is 0.305 e. The number of nitrogens with zero attached hydrogens (tertiary/aromatic N) is 2. The summed E-state index contributed by atoms with van der Waals surface area (Å²) >= 11 is 1.77. The summed E-state index contributed by atoms with van der Waals surface area (Å²) in [5.74, 6) is 0. The summed E-state index contributed by atoms with van der Waals surface area (Å²) in [6.45, 7) is 8.15. The van der Waals surface area contributed by atoms with E-state index < -0.39 is 0 Å². The van der Waals surface area contributed by atoms with Gasteiger partial charge in [-0.25, -0.2) is 4.98 Å². The van der Waals surface area contributed by atoms with Gasteiger partial charge in [0.1, 0.15) is 5.01 Å². The molecule has 1 fully saturated rings. The molecule has 96 valence electrons. The second kappa shape index (κ2) is 6.47. The molecule has 1 atom stereocenters. The van der Waals surface area contributed by atoms with E-state index in [1.807, 2.05) is 6.20 Å². The molecule has 3 nitrogen and oxygen atoms in total. The van der Waals surface area contributed by atoms with Gasteiger partial charge in [0.05, 0.1) is 6.04 Å². The zero-order valence-corrected chi connectivity index (χ0v) is 11.7. The van der Waals surface area contributed by atoms with Crippen LogP contribution in [0.2, 0.25) is 0 Å². The molecule has 1 aromatic heterocycles. The summed E-state index contributed by atoms with van der Waals surface area (Å²) in [7, 11) is 0. The van der Waals surface area contributed by atoms with Crippen LogP contribution in [0.1, 0.15) is 44.2 Å². The third-order valence-corrected chi connectivity index (χ3v) is 4.52. The molecule has 0 amide bonds. The van der Waals surface area contributed by atoms with Crippen molar-refractivity contribution in [2.24, 2.45) is 0 Å². The van der Waals surface area contributed by atoms with Gasteiger partial charge in [-0.15, -0.1) is 11.3 Å². The predicted molar refractivity (Wildman–Crippen MR) is 73.4 cm³/mol. The van der Waals surface area contributed by atoms with Crippen molar-refractivity contribution in [1.29, 1.82) is 0 Å². The van der Waals surface area contributed by atoms with E-state index in [0.29, 0.717) is 12.1 Å². The van der Waals surface area contributed by atoms with Gasteiger partial charge < -0.3 is 10.2 Å². The topological polar surface area (TPSA) is 28.2 Å². The Hall–Kier alpha value is -0.450.